The number of methoxy groups -OCH3 is 1. The number of nitrogens with zero attached hydrogens (tertiary/aromatic N) is 2. The van der Waals surface area contributed by atoms with Crippen molar-refractivity contribution >= 4 is 32.9 Å². The molecule has 1 aromatic heterocycles. The van der Waals surface area contributed by atoms with Crippen LogP contribution in [0, 0.1) is 12.7 Å². The number of ether oxygens (including phenoxy) is 1. The van der Waals surface area contributed by atoms with Gasteiger partial charge in [0.15, 0.2) is 0 Å². The lowest BCUT2D eigenvalue weighted by Gasteiger charge is -2.11. The van der Waals surface area contributed by atoms with Crippen molar-refractivity contribution < 1.29 is 9.13 Å². The van der Waals surface area contributed by atoms with E-state index in [-0.39, 0.29) is 5.82 Å². The summed E-state index contributed by atoms with van der Waals surface area (Å²) in [5.74, 6) is 0.749. The first-order chi connectivity index (χ1) is 10.0. The molecular formula is C15H13BrFN3O. The highest BCUT2D eigenvalue weighted by molar-refractivity contribution is 9.10. The van der Waals surface area contributed by atoms with Crippen LogP contribution in [-0.4, -0.2) is 16.7 Å². The third kappa shape index (κ3) is 2.25. The molecule has 2 aromatic carbocycles. The molecule has 0 atom stereocenters. The van der Waals surface area contributed by atoms with E-state index in [2.05, 4.69) is 20.9 Å². The van der Waals surface area contributed by atoms with Crippen molar-refractivity contribution in [3.05, 3.63) is 46.2 Å². The van der Waals surface area contributed by atoms with Gasteiger partial charge in [-0.15, -0.1) is 0 Å². The summed E-state index contributed by atoms with van der Waals surface area (Å²) >= 11 is 3.21. The van der Waals surface area contributed by atoms with Crippen LogP contribution in [0.4, 0.5) is 10.3 Å². The van der Waals surface area contributed by atoms with Crippen LogP contribution in [0.25, 0.3) is 16.7 Å². The van der Waals surface area contributed by atoms with E-state index in [1.165, 1.54) is 6.07 Å². The van der Waals surface area contributed by atoms with Gasteiger partial charge in [0.2, 0.25) is 5.95 Å². The Labute approximate surface area is 129 Å². The molecule has 0 unspecified atom stereocenters. The smallest absolute Gasteiger partial charge is 0.205 e. The maximum Gasteiger partial charge on any atom is 0.205 e. The van der Waals surface area contributed by atoms with Crippen molar-refractivity contribution in [3.63, 3.8) is 0 Å². The minimum absolute atomic E-state index is 0.308. The van der Waals surface area contributed by atoms with Gasteiger partial charge in [-0.2, -0.15) is 0 Å². The number of imidazole rings is 1. The number of nitrogens with two attached hydrogens (primary N) is 1. The minimum Gasteiger partial charge on any atom is -0.497 e. The maximum atomic E-state index is 13.6. The highest BCUT2D eigenvalue weighted by Gasteiger charge is 2.14. The molecule has 0 saturated carbocycles. The Balaban J connectivity index is 2.34. The standard InChI is InChI=1S/C15H13BrFN3O/c1-8-5-11(17)10(16)7-13(8)20-14-6-9(21-2)3-4-12(14)19-15(20)18/h3-7H,1-2H3,(H2,18,19). The van der Waals surface area contributed by atoms with E-state index in [1.54, 1.807) is 17.7 Å². The van der Waals surface area contributed by atoms with E-state index in [4.69, 9.17) is 10.5 Å². The van der Waals surface area contributed by atoms with Crippen molar-refractivity contribution in [2.24, 2.45) is 0 Å². The summed E-state index contributed by atoms with van der Waals surface area (Å²) in [6.45, 7) is 1.83. The number of aryl methyl sites for hydroxylation is 1. The molecule has 1 heterocycles. The molecule has 0 spiro atoms. The molecule has 0 saturated heterocycles. The van der Waals surface area contributed by atoms with Gasteiger partial charge < -0.3 is 10.5 Å². The number of rotatable bonds is 2. The molecule has 0 aliphatic rings. The number of fused-ring (bicyclic) bond motifs is 1. The zero-order chi connectivity index (χ0) is 15.1. The second-order valence-corrected chi connectivity index (χ2v) is 5.57. The van der Waals surface area contributed by atoms with E-state index in [0.29, 0.717) is 16.2 Å². The summed E-state index contributed by atoms with van der Waals surface area (Å²) in [6, 6.07) is 8.68. The van der Waals surface area contributed by atoms with Crippen molar-refractivity contribution in [3.8, 4) is 11.4 Å². The van der Waals surface area contributed by atoms with Gasteiger partial charge in [-0.3, -0.25) is 4.57 Å². The first kappa shape index (κ1) is 13.9. The second kappa shape index (κ2) is 5.04. The number of aromatic nitrogens is 2. The lowest BCUT2D eigenvalue weighted by molar-refractivity contribution is 0.415. The van der Waals surface area contributed by atoms with Crippen LogP contribution in [-0.2, 0) is 0 Å². The van der Waals surface area contributed by atoms with E-state index in [9.17, 15) is 4.39 Å². The number of halogens is 2. The van der Waals surface area contributed by atoms with Crippen LogP contribution in [0.5, 0.6) is 5.75 Å². The molecule has 0 aliphatic heterocycles. The third-order valence-electron chi connectivity index (χ3n) is 3.37. The zero-order valence-electron chi connectivity index (χ0n) is 11.5. The molecule has 3 aromatic rings. The molecule has 0 amide bonds. The molecule has 3 rings (SSSR count). The van der Waals surface area contributed by atoms with Crippen LogP contribution in [0.15, 0.2) is 34.8 Å². The number of benzene rings is 2. The summed E-state index contributed by atoms with van der Waals surface area (Å²) in [4.78, 5) is 4.33. The highest BCUT2D eigenvalue weighted by Crippen LogP contribution is 2.30. The van der Waals surface area contributed by atoms with Gasteiger partial charge in [0.05, 0.1) is 28.3 Å². The van der Waals surface area contributed by atoms with Gasteiger partial charge in [-0.05, 0) is 52.7 Å². The zero-order valence-corrected chi connectivity index (χ0v) is 13.1. The second-order valence-electron chi connectivity index (χ2n) is 4.71. The predicted octanol–water partition coefficient (Wildman–Crippen LogP) is 3.83. The van der Waals surface area contributed by atoms with Gasteiger partial charge in [0.1, 0.15) is 11.6 Å². The molecular weight excluding hydrogens is 337 g/mol. The van der Waals surface area contributed by atoms with Crippen molar-refractivity contribution in [1.29, 1.82) is 0 Å². The Morgan fingerprint density at radius 1 is 1.29 bits per heavy atom. The lowest BCUT2D eigenvalue weighted by atomic mass is 10.2. The van der Waals surface area contributed by atoms with E-state index < -0.39 is 0 Å². The molecule has 0 bridgehead atoms. The van der Waals surface area contributed by atoms with Gasteiger partial charge in [0.25, 0.3) is 0 Å². The third-order valence-corrected chi connectivity index (χ3v) is 3.98. The summed E-state index contributed by atoms with van der Waals surface area (Å²) in [7, 11) is 1.60. The van der Waals surface area contributed by atoms with Gasteiger partial charge >= 0.3 is 0 Å². The summed E-state index contributed by atoms with van der Waals surface area (Å²) in [5, 5.41) is 0. The SMILES string of the molecule is COc1ccc2nc(N)n(-c3cc(Br)c(F)cc3C)c2c1. The van der Waals surface area contributed by atoms with Crippen LogP contribution in [0.2, 0.25) is 0 Å². The van der Waals surface area contributed by atoms with Crippen LogP contribution < -0.4 is 10.5 Å². The lowest BCUT2D eigenvalue weighted by Crippen LogP contribution is -2.03. The Kier molecular flexibility index (Phi) is 3.33. The van der Waals surface area contributed by atoms with Crippen LogP contribution in [0.3, 0.4) is 0 Å². The molecule has 0 fully saturated rings. The van der Waals surface area contributed by atoms with Gasteiger partial charge in [0, 0.05) is 6.07 Å². The van der Waals surface area contributed by atoms with E-state index in [1.807, 2.05) is 25.1 Å². The molecule has 108 valence electrons. The fourth-order valence-corrected chi connectivity index (χ4v) is 2.66. The molecule has 0 radical (unpaired) electrons. The number of hydrogen-bond donors (Lipinski definition) is 1. The number of nitrogen functional groups attached to an aromatic ring is 1. The Morgan fingerprint density at radius 3 is 2.76 bits per heavy atom. The highest BCUT2D eigenvalue weighted by atomic mass is 79.9. The normalized spacial score (nSPS) is 11.0. The summed E-state index contributed by atoms with van der Waals surface area (Å²) < 4.78 is 21.0. The monoisotopic (exact) mass is 349 g/mol. The number of hydrogen-bond acceptors (Lipinski definition) is 3. The van der Waals surface area contributed by atoms with Crippen LogP contribution in [0.1, 0.15) is 5.56 Å². The molecule has 2 N–H and O–H groups in total. The fourth-order valence-electron chi connectivity index (χ4n) is 2.33. The summed E-state index contributed by atoms with van der Waals surface area (Å²) in [5.41, 5.74) is 9.15. The van der Waals surface area contributed by atoms with E-state index >= 15 is 0 Å². The van der Waals surface area contributed by atoms with Crippen LogP contribution >= 0.6 is 15.9 Å². The molecule has 0 aliphatic carbocycles. The molecule has 6 heteroatoms. The Morgan fingerprint density at radius 2 is 2.05 bits per heavy atom. The van der Waals surface area contributed by atoms with Gasteiger partial charge in [-0.1, -0.05) is 0 Å². The average Bonchev–Trinajstić information content (AvgIpc) is 2.78. The van der Waals surface area contributed by atoms with Crippen molar-refractivity contribution in [1.82, 2.24) is 9.55 Å². The maximum absolute atomic E-state index is 13.6. The average molecular weight is 350 g/mol. The fraction of sp³-hybridized carbons (Fsp3) is 0.133. The van der Waals surface area contributed by atoms with Gasteiger partial charge in [-0.25, -0.2) is 9.37 Å². The Hall–Kier alpha value is -2.08. The predicted molar refractivity (Wildman–Crippen MR) is 84.4 cm³/mol. The summed E-state index contributed by atoms with van der Waals surface area (Å²) in [6.07, 6.45) is 0. The topological polar surface area (TPSA) is 53.1 Å². The number of anilines is 1. The first-order valence-electron chi connectivity index (χ1n) is 6.29. The first-order valence-corrected chi connectivity index (χ1v) is 7.08. The minimum atomic E-state index is -0.308. The Bertz CT molecular complexity index is 845. The quantitative estimate of drug-likeness (QED) is 0.764. The van der Waals surface area contributed by atoms with Crippen molar-refractivity contribution in [2.75, 3.05) is 12.8 Å². The molecule has 4 nitrogen and oxygen atoms in total. The van der Waals surface area contributed by atoms with Crippen molar-refractivity contribution in [2.45, 2.75) is 6.92 Å². The van der Waals surface area contributed by atoms with E-state index in [0.717, 1.165) is 22.3 Å². The molecule has 21 heavy (non-hydrogen) atoms. The largest absolute Gasteiger partial charge is 0.497 e.